The Labute approximate surface area is 171 Å². The van der Waals surface area contributed by atoms with Crippen LogP contribution < -0.4 is 21.1 Å². The summed E-state index contributed by atoms with van der Waals surface area (Å²) in [6.07, 6.45) is -0.882. The molecule has 5 N–H and O–H groups in total. The lowest BCUT2D eigenvalue weighted by Gasteiger charge is -2.17. The zero-order valence-corrected chi connectivity index (χ0v) is 17.1. The van der Waals surface area contributed by atoms with Crippen LogP contribution in [0.5, 0.6) is 5.75 Å². The fourth-order valence-corrected chi connectivity index (χ4v) is 2.61. The fraction of sp³-hybridized carbons (Fsp3) is 0.400. The van der Waals surface area contributed by atoms with E-state index < -0.39 is 12.1 Å². The fourth-order valence-electron chi connectivity index (χ4n) is 2.61. The van der Waals surface area contributed by atoms with Crippen LogP contribution in [-0.2, 0) is 9.59 Å². The molecule has 0 aliphatic heterocycles. The van der Waals surface area contributed by atoms with Crippen LogP contribution in [0.2, 0.25) is 0 Å². The quantitative estimate of drug-likeness (QED) is 0.525. The summed E-state index contributed by atoms with van der Waals surface area (Å²) in [5.41, 5.74) is 6.31. The van der Waals surface area contributed by atoms with Gasteiger partial charge in [-0.1, -0.05) is 24.3 Å². The SMILES string of the molecule is COc1ccc2cc(C(C)C(=O)NCC(O)CNC(=O)[C@H](C)N)ccc2c1.Cl. The van der Waals surface area contributed by atoms with Crippen LogP contribution in [0.4, 0.5) is 0 Å². The minimum absolute atomic E-state index is 0. The molecule has 0 spiro atoms. The maximum absolute atomic E-state index is 12.4. The van der Waals surface area contributed by atoms with Crippen LogP contribution in [0.1, 0.15) is 25.3 Å². The first-order valence-electron chi connectivity index (χ1n) is 8.88. The first-order chi connectivity index (χ1) is 12.8. The number of hydrogen-bond donors (Lipinski definition) is 4. The molecule has 0 fully saturated rings. The van der Waals surface area contributed by atoms with Gasteiger partial charge in [-0.05, 0) is 42.3 Å². The first kappa shape index (κ1) is 23.7. The number of rotatable bonds is 8. The van der Waals surface area contributed by atoms with Crippen molar-refractivity contribution in [2.24, 2.45) is 5.73 Å². The highest BCUT2D eigenvalue weighted by Gasteiger charge is 2.17. The third kappa shape index (κ3) is 6.37. The maximum Gasteiger partial charge on any atom is 0.236 e. The van der Waals surface area contributed by atoms with Crippen molar-refractivity contribution in [1.29, 1.82) is 0 Å². The third-order valence-electron chi connectivity index (χ3n) is 4.40. The molecule has 0 heterocycles. The number of methoxy groups -OCH3 is 1. The Kier molecular flexibility index (Phi) is 9.18. The number of carbonyl (C=O) groups is 2. The summed E-state index contributed by atoms with van der Waals surface area (Å²) in [5, 5.41) is 17.2. The smallest absolute Gasteiger partial charge is 0.236 e. The van der Waals surface area contributed by atoms with Gasteiger partial charge in [0.05, 0.1) is 25.2 Å². The Balaban J connectivity index is 0.00000392. The van der Waals surface area contributed by atoms with E-state index in [-0.39, 0.29) is 43.2 Å². The van der Waals surface area contributed by atoms with Gasteiger partial charge < -0.3 is 26.2 Å². The van der Waals surface area contributed by atoms with Gasteiger partial charge in [0.1, 0.15) is 5.75 Å². The predicted octanol–water partition coefficient (Wildman–Crippen LogP) is 1.31. The second-order valence-electron chi connectivity index (χ2n) is 6.63. The largest absolute Gasteiger partial charge is 0.497 e. The molecule has 154 valence electrons. The molecule has 2 rings (SSSR count). The molecule has 0 aromatic heterocycles. The number of hydrogen-bond acceptors (Lipinski definition) is 5. The van der Waals surface area contributed by atoms with Crippen molar-refractivity contribution in [2.75, 3.05) is 20.2 Å². The van der Waals surface area contributed by atoms with E-state index >= 15 is 0 Å². The van der Waals surface area contributed by atoms with E-state index in [1.54, 1.807) is 14.0 Å². The Bertz CT molecular complexity index is 813. The van der Waals surface area contributed by atoms with E-state index in [1.807, 2.05) is 43.3 Å². The number of ether oxygens (including phenoxy) is 1. The highest BCUT2D eigenvalue weighted by Crippen LogP contribution is 2.25. The molecule has 2 amide bonds. The molecule has 0 aliphatic rings. The number of benzene rings is 2. The van der Waals surface area contributed by atoms with Crippen LogP contribution in [0.15, 0.2) is 36.4 Å². The van der Waals surface area contributed by atoms with Gasteiger partial charge in [-0.2, -0.15) is 0 Å². The first-order valence-corrected chi connectivity index (χ1v) is 8.88. The molecule has 3 atom stereocenters. The van der Waals surface area contributed by atoms with Gasteiger partial charge in [-0.3, -0.25) is 9.59 Å². The average molecular weight is 410 g/mol. The number of nitrogens with one attached hydrogen (secondary N) is 2. The number of aliphatic hydroxyl groups excluding tert-OH is 1. The standard InChI is InChI=1S/C20H27N3O4.ClH/c1-12(19(25)22-10-17(24)11-23-20(26)13(2)21)14-4-5-16-9-18(27-3)7-6-15(16)8-14;/h4-9,12-13,17,24H,10-11,21H2,1-3H3,(H,22,25)(H,23,26);1H/t12?,13-,17?;/m0./s1. The molecule has 2 aromatic rings. The molecular weight excluding hydrogens is 382 g/mol. The van der Waals surface area contributed by atoms with E-state index in [0.29, 0.717) is 0 Å². The molecular formula is C20H28ClN3O4. The summed E-state index contributed by atoms with van der Waals surface area (Å²) in [6, 6.07) is 11.0. The lowest BCUT2D eigenvalue weighted by atomic mass is 9.97. The maximum atomic E-state index is 12.4. The summed E-state index contributed by atoms with van der Waals surface area (Å²) < 4.78 is 5.22. The molecule has 0 bridgehead atoms. The van der Waals surface area contributed by atoms with Crippen molar-refractivity contribution in [3.63, 3.8) is 0 Å². The third-order valence-corrected chi connectivity index (χ3v) is 4.40. The number of carbonyl (C=O) groups excluding carboxylic acids is 2. The van der Waals surface area contributed by atoms with Gasteiger partial charge in [0, 0.05) is 13.1 Å². The molecule has 0 radical (unpaired) electrons. The number of amides is 2. The lowest BCUT2D eigenvalue weighted by Crippen LogP contribution is -2.45. The van der Waals surface area contributed by atoms with Crippen molar-refractivity contribution < 1.29 is 19.4 Å². The zero-order chi connectivity index (χ0) is 20.0. The zero-order valence-electron chi connectivity index (χ0n) is 16.3. The molecule has 0 saturated carbocycles. The van der Waals surface area contributed by atoms with Crippen molar-refractivity contribution in [1.82, 2.24) is 10.6 Å². The molecule has 7 nitrogen and oxygen atoms in total. The highest BCUT2D eigenvalue weighted by molar-refractivity contribution is 5.88. The van der Waals surface area contributed by atoms with Crippen LogP contribution in [0, 0.1) is 0 Å². The van der Waals surface area contributed by atoms with Gasteiger partial charge in [-0.15, -0.1) is 12.4 Å². The summed E-state index contributed by atoms with van der Waals surface area (Å²) in [6.45, 7) is 3.45. The number of aliphatic hydroxyl groups is 1. The van der Waals surface area contributed by atoms with Gasteiger partial charge in [0.2, 0.25) is 11.8 Å². The Morgan fingerprint density at radius 1 is 1.04 bits per heavy atom. The minimum atomic E-state index is -0.882. The van der Waals surface area contributed by atoms with Crippen LogP contribution in [-0.4, -0.2) is 49.3 Å². The molecule has 8 heteroatoms. The molecule has 28 heavy (non-hydrogen) atoms. The summed E-state index contributed by atoms with van der Waals surface area (Å²) in [4.78, 5) is 23.8. The summed E-state index contributed by atoms with van der Waals surface area (Å²) >= 11 is 0. The van der Waals surface area contributed by atoms with Crippen molar-refractivity contribution in [3.05, 3.63) is 42.0 Å². The number of nitrogens with two attached hydrogens (primary N) is 1. The summed E-state index contributed by atoms with van der Waals surface area (Å²) in [7, 11) is 1.62. The number of halogens is 1. The molecule has 2 unspecified atom stereocenters. The van der Waals surface area contributed by atoms with Crippen LogP contribution in [0.25, 0.3) is 10.8 Å². The normalized spacial score (nSPS) is 13.8. The minimum Gasteiger partial charge on any atom is -0.497 e. The van der Waals surface area contributed by atoms with Crippen LogP contribution in [0.3, 0.4) is 0 Å². The Morgan fingerprint density at radius 3 is 2.21 bits per heavy atom. The van der Waals surface area contributed by atoms with Gasteiger partial charge in [-0.25, -0.2) is 0 Å². The van der Waals surface area contributed by atoms with Gasteiger partial charge >= 0.3 is 0 Å². The average Bonchev–Trinajstić information content (AvgIpc) is 2.68. The second-order valence-corrected chi connectivity index (χ2v) is 6.63. The lowest BCUT2D eigenvalue weighted by molar-refractivity contribution is -0.122. The predicted molar refractivity (Wildman–Crippen MR) is 112 cm³/mol. The van der Waals surface area contributed by atoms with Crippen LogP contribution >= 0.6 is 12.4 Å². The van der Waals surface area contributed by atoms with E-state index in [4.69, 9.17) is 10.5 Å². The second kappa shape index (κ2) is 10.8. The van der Waals surface area contributed by atoms with Gasteiger partial charge in [0.15, 0.2) is 0 Å². The molecule has 0 saturated heterocycles. The monoisotopic (exact) mass is 409 g/mol. The summed E-state index contributed by atoms with van der Waals surface area (Å²) in [5.74, 6) is -0.129. The Hall–Kier alpha value is -2.35. The van der Waals surface area contributed by atoms with E-state index in [9.17, 15) is 14.7 Å². The van der Waals surface area contributed by atoms with Crippen molar-refractivity contribution >= 4 is 35.0 Å². The molecule has 0 aliphatic carbocycles. The van der Waals surface area contributed by atoms with E-state index in [0.717, 1.165) is 22.1 Å². The molecule has 2 aromatic carbocycles. The van der Waals surface area contributed by atoms with Crippen molar-refractivity contribution in [2.45, 2.75) is 31.9 Å². The van der Waals surface area contributed by atoms with Crippen molar-refractivity contribution in [3.8, 4) is 5.75 Å². The number of fused-ring (bicyclic) bond motifs is 1. The van der Waals surface area contributed by atoms with E-state index in [1.165, 1.54) is 0 Å². The topological polar surface area (TPSA) is 114 Å². The van der Waals surface area contributed by atoms with E-state index in [2.05, 4.69) is 10.6 Å². The van der Waals surface area contributed by atoms with Gasteiger partial charge in [0.25, 0.3) is 0 Å². The highest BCUT2D eigenvalue weighted by atomic mass is 35.5. The Morgan fingerprint density at radius 2 is 1.61 bits per heavy atom.